The number of hydrogen-bond acceptors (Lipinski definition) is 1. The van der Waals surface area contributed by atoms with Crippen LogP contribution in [0.5, 0.6) is 0 Å². The van der Waals surface area contributed by atoms with Gasteiger partial charge >= 0.3 is 0 Å². The predicted molar refractivity (Wildman–Crippen MR) is 65.0 cm³/mol. The molecule has 4 heteroatoms. The van der Waals surface area contributed by atoms with Crippen molar-refractivity contribution in [1.29, 1.82) is 0 Å². The minimum Gasteiger partial charge on any atom is -0.255 e. The van der Waals surface area contributed by atoms with Crippen molar-refractivity contribution in [1.82, 2.24) is 4.98 Å². The van der Waals surface area contributed by atoms with E-state index in [0.717, 1.165) is 20.2 Å². The molecule has 15 heavy (non-hydrogen) atoms. The predicted octanol–water partition coefficient (Wildman–Crippen LogP) is 4.41. The molecule has 1 heterocycles. The van der Waals surface area contributed by atoms with Crippen LogP contribution in [-0.4, -0.2) is 4.98 Å². The highest BCUT2D eigenvalue weighted by Crippen LogP contribution is 2.32. The summed E-state index contributed by atoms with van der Waals surface area (Å²) in [5.74, 6) is -0.263. The second-order valence-corrected chi connectivity index (χ2v) is 4.61. The maximum atomic E-state index is 13.0. The molecule has 0 saturated heterocycles. The molecule has 76 valence electrons. The number of hydrogen-bond donors (Lipinski definition) is 0. The highest BCUT2D eigenvalue weighted by molar-refractivity contribution is 9.13. The van der Waals surface area contributed by atoms with Crippen LogP contribution in [0.1, 0.15) is 0 Å². The second kappa shape index (κ2) is 4.41. The SMILES string of the molecule is Fc1cccc(-c2nccc(Br)c2Br)c1. The van der Waals surface area contributed by atoms with Crippen LogP contribution in [0.25, 0.3) is 11.3 Å². The summed E-state index contributed by atoms with van der Waals surface area (Å²) in [6.45, 7) is 0. The molecule has 0 bridgehead atoms. The first-order valence-corrected chi connectivity index (χ1v) is 5.83. The largest absolute Gasteiger partial charge is 0.255 e. The smallest absolute Gasteiger partial charge is 0.123 e. The third kappa shape index (κ3) is 2.26. The summed E-state index contributed by atoms with van der Waals surface area (Å²) in [5.41, 5.74) is 1.48. The van der Waals surface area contributed by atoms with E-state index < -0.39 is 0 Å². The zero-order chi connectivity index (χ0) is 10.8. The maximum Gasteiger partial charge on any atom is 0.123 e. The topological polar surface area (TPSA) is 12.9 Å². The Balaban J connectivity index is 2.59. The molecule has 0 N–H and O–H groups in total. The summed E-state index contributed by atoms with van der Waals surface area (Å²) in [7, 11) is 0. The van der Waals surface area contributed by atoms with Crippen molar-refractivity contribution in [2.24, 2.45) is 0 Å². The molecular formula is C11H6Br2FN. The molecule has 0 aliphatic carbocycles. The molecule has 0 unspecified atom stereocenters. The Morgan fingerprint density at radius 1 is 1.13 bits per heavy atom. The summed E-state index contributed by atoms with van der Waals surface area (Å²) in [6, 6.07) is 8.18. The Labute approximate surface area is 104 Å². The van der Waals surface area contributed by atoms with Crippen LogP contribution < -0.4 is 0 Å². The maximum absolute atomic E-state index is 13.0. The van der Waals surface area contributed by atoms with Gasteiger partial charge in [-0.2, -0.15) is 0 Å². The standard InChI is InChI=1S/C11H6Br2FN/c12-9-4-5-15-11(10(9)13)7-2-1-3-8(14)6-7/h1-6H. The number of pyridine rings is 1. The molecule has 0 fully saturated rings. The number of halogens is 3. The Kier molecular flexibility index (Phi) is 3.17. The fourth-order valence-electron chi connectivity index (χ4n) is 1.26. The van der Waals surface area contributed by atoms with Gasteiger partial charge in [0.1, 0.15) is 5.82 Å². The number of benzene rings is 1. The van der Waals surface area contributed by atoms with Gasteiger partial charge in [-0.05, 0) is 50.1 Å². The van der Waals surface area contributed by atoms with Gasteiger partial charge in [0.05, 0.1) is 10.2 Å². The second-order valence-electron chi connectivity index (χ2n) is 2.97. The van der Waals surface area contributed by atoms with Gasteiger partial charge in [-0.15, -0.1) is 0 Å². The molecule has 0 aliphatic heterocycles. The van der Waals surface area contributed by atoms with E-state index >= 15 is 0 Å². The van der Waals surface area contributed by atoms with E-state index in [0.29, 0.717) is 0 Å². The first kappa shape index (κ1) is 10.8. The molecule has 0 aliphatic rings. The van der Waals surface area contributed by atoms with E-state index in [9.17, 15) is 4.39 Å². The van der Waals surface area contributed by atoms with Crippen molar-refractivity contribution in [3.63, 3.8) is 0 Å². The molecular weight excluding hydrogens is 325 g/mol. The highest BCUT2D eigenvalue weighted by atomic mass is 79.9. The van der Waals surface area contributed by atoms with Crippen molar-refractivity contribution in [2.75, 3.05) is 0 Å². The van der Waals surface area contributed by atoms with Gasteiger partial charge in [0, 0.05) is 16.2 Å². The molecule has 2 rings (SSSR count). The summed E-state index contributed by atoms with van der Waals surface area (Å²) in [5, 5.41) is 0. The third-order valence-electron chi connectivity index (χ3n) is 1.94. The summed E-state index contributed by atoms with van der Waals surface area (Å²) >= 11 is 6.79. The number of rotatable bonds is 1. The van der Waals surface area contributed by atoms with Gasteiger partial charge in [-0.25, -0.2) is 4.39 Å². The lowest BCUT2D eigenvalue weighted by Crippen LogP contribution is -1.86. The van der Waals surface area contributed by atoms with Gasteiger partial charge in [-0.1, -0.05) is 12.1 Å². The van der Waals surface area contributed by atoms with E-state index in [1.54, 1.807) is 12.3 Å². The average Bonchev–Trinajstić information content (AvgIpc) is 2.22. The van der Waals surface area contributed by atoms with Crippen LogP contribution in [0.15, 0.2) is 45.5 Å². The van der Waals surface area contributed by atoms with Crippen LogP contribution in [0.3, 0.4) is 0 Å². The molecule has 1 aromatic heterocycles. The quantitative estimate of drug-likeness (QED) is 0.754. The van der Waals surface area contributed by atoms with Gasteiger partial charge < -0.3 is 0 Å². The Morgan fingerprint density at radius 2 is 1.93 bits per heavy atom. The van der Waals surface area contributed by atoms with Crippen LogP contribution in [0.2, 0.25) is 0 Å². The fraction of sp³-hybridized carbons (Fsp3) is 0. The number of nitrogens with zero attached hydrogens (tertiary/aromatic N) is 1. The zero-order valence-corrected chi connectivity index (χ0v) is 10.7. The summed E-state index contributed by atoms with van der Waals surface area (Å²) < 4.78 is 14.8. The lowest BCUT2D eigenvalue weighted by atomic mass is 10.1. The van der Waals surface area contributed by atoms with Gasteiger partial charge in [0.25, 0.3) is 0 Å². The van der Waals surface area contributed by atoms with Crippen LogP contribution in [0, 0.1) is 5.82 Å². The van der Waals surface area contributed by atoms with Gasteiger partial charge in [-0.3, -0.25) is 4.98 Å². The van der Waals surface area contributed by atoms with Crippen LogP contribution >= 0.6 is 31.9 Å². The highest BCUT2D eigenvalue weighted by Gasteiger charge is 2.07. The molecule has 0 amide bonds. The monoisotopic (exact) mass is 329 g/mol. The van der Waals surface area contributed by atoms with Crippen LogP contribution in [0.4, 0.5) is 4.39 Å². The van der Waals surface area contributed by atoms with Crippen LogP contribution in [-0.2, 0) is 0 Å². The van der Waals surface area contributed by atoms with E-state index in [4.69, 9.17) is 0 Å². The lowest BCUT2D eigenvalue weighted by Gasteiger charge is -2.04. The van der Waals surface area contributed by atoms with E-state index in [-0.39, 0.29) is 5.82 Å². The summed E-state index contributed by atoms with van der Waals surface area (Å²) in [4.78, 5) is 4.21. The van der Waals surface area contributed by atoms with E-state index in [2.05, 4.69) is 36.8 Å². The molecule has 1 nitrogen and oxygen atoms in total. The first-order valence-electron chi connectivity index (χ1n) is 4.24. The van der Waals surface area contributed by atoms with Gasteiger partial charge in [0.2, 0.25) is 0 Å². The van der Waals surface area contributed by atoms with E-state index in [1.807, 2.05) is 12.1 Å². The minimum absolute atomic E-state index is 0.263. The van der Waals surface area contributed by atoms with Crippen molar-refractivity contribution in [3.8, 4) is 11.3 Å². The van der Waals surface area contributed by atoms with E-state index in [1.165, 1.54) is 12.1 Å². The minimum atomic E-state index is -0.263. The normalized spacial score (nSPS) is 10.3. The molecule has 0 atom stereocenters. The Hall–Kier alpha value is -0.740. The Bertz CT molecular complexity index is 500. The molecule has 0 radical (unpaired) electrons. The number of aromatic nitrogens is 1. The fourth-order valence-corrected chi connectivity index (χ4v) is 2.03. The van der Waals surface area contributed by atoms with Crippen molar-refractivity contribution >= 4 is 31.9 Å². The molecule has 2 aromatic rings. The van der Waals surface area contributed by atoms with Crippen molar-refractivity contribution < 1.29 is 4.39 Å². The third-order valence-corrected chi connectivity index (χ3v) is 3.94. The Morgan fingerprint density at radius 3 is 2.67 bits per heavy atom. The molecule has 0 saturated carbocycles. The average molecular weight is 331 g/mol. The summed E-state index contributed by atoms with van der Waals surface area (Å²) in [6.07, 6.45) is 1.68. The van der Waals surface area contributed by atoms with Crippen molar-refractivity contribution in [3.05, 3.63) is 51.3 Å². The van der Waals surface area contributed by atoms with Crippen molar-refractivity contribution in [2.45, 2.75) is 0 Å². The first-order chi connectivity index (χ1) is 7.18. The molecule has 0 spiro atoms. The zero-order valence-electron chi connectivity index (χ0n) is 7.55. The van der Waals surface area contributed by atoms with Gasteiger partial charge in [0.15, 0.2) is 0 Å². The molecule has 1 aromatic carbocycles. The lowest BCUT2D eigenvalue weighted by molar-refractivity contribution is 0.628.